The largest absolute Gasteiger partial charge is 0.507 e. The van der Waals surface area contributed by atoms with E-state index >= 15 is 0 Å². The van der Waals surface area contributed by atoms with Crippen molar-refractivity contribution in [1.29, 1.82) is 0 Å². The number of rotatable bonds is 5. The lowest BCUT2D eigenvalue weighted by Gasteiger charge is -2.13. The third-order valence-corrected chi connectivity index (χ3v) is 4.24. The van der Waals surface area contributed by atoms with Crippen molar-refractivity contribution in [2.24, 2.45) is 0 Å². The highest BCUT2D eigenvalue weighted by molar-refractivity contribution is 7.89. The molecule has 1 unspecified atom stereocenters. The van der Waals surface area contributed by atoms with Crippen molar-refractivity contribution >= 4 is 10.0 Å². The average molecular weight is 281 g/mol. The van der Waals surface area contributed by atoms with Crippen LogP contribution in [0.2, 0.25) is 0 Å². The van der Waals surface area contributed by atoms with Crippen LogP contribution in [-0.4, -0.2) is 19.6 Å². The summed E-state index contributed by atoms with van der Waals surface area (Å²) < 4.78 is 31.8. The van der Waals surface area contributed by atoms with E-state index in [1.807, 2.05) is 0 Å². The number of benzene rings is 1. The fourth-order valence-electron chi connectivity index (χ4n) is 1.78. The van der Waals surface area contributed by atoms with Crippen LogP contribution < -0.4 is 4.72 Å². The summed E-state index contributed by atoms with van der Waals surface area (Å²) >= 11 is 0. The summed E-state index contributed by atoms with van der Waals surface area (Å²) in [5, 5.41) is 9.58. The van der Waals surface area contributed by atoms with Crippen LogP contribution in [0.3, 0.4) is 0 Å². The van der Waals surface area contributed by atoms with Crippen molar-refractivity contribution in [2.45, 2.75) is 24.3 Å². The number of para-hydroxylation sites is 1. The molecule has 1 aromatic carbocycles. The van der Waals surface area contributed by atoms with Gasteiger partial charge in [-0.1, -0.05) is 12.1 Å². The van der Waals surface area contributed by atoms with Gasteiger partial charge in [0.25, 0.3) is 0 Å². The SMILES string of the molecule is CC(Cc1ccco1)NS(=O)(=O)c1ccccc1O. The van der Waals surface area contributed by atoms with Gasteiger partial charge in [-0.2, -0.15) is 0 Å². The molecule has 5 nitrogen and oxygen atoms in total. The van der Waals surface area contributed by atoms with Crippen molar-refractivity contribution in [3.05, 3.63) is 48.4 Å². The Morgan fingerprint density at radius 2 is 2.00 bits per heavy atom. The second-order valence-electron chi connectivity index (χ2n) is 4.27. The van der Waals surface area contributed by atoms with Crippen LogP contribution >= 0.6 is 0 Å². The molecule has 1 heterocycles. The van der Waals surface area contributed by atoms with Gasteiger partial charge in [0.05, 0.1) is 6.26 Å². The zero-order chi connectivity index (χ0) is 13.9. The molecule has 102 valence electrons. The van der Waals surface area contributed by atoms with Crippen molar-refractivity contribution in [3.63, 3.8) is 0 Å². The number of hydrogen-bond acceptors (Lipinski definition) is 4. The molecule has 2 aromatic rings. The van der Waals surface area contributed by atoms with Crippen LogP contribution in [0.1, 0.15) is 12.7 Å². The Balaban J connectivity index is 2.11. The standard InChI is InChI=1S/C13H15NO4S/c1-10(9-11-5-4-8-18-11)14-19(16,17)13-7-3-2-6-12(13)15/h2-8,10,14-15H,9H2,1H3. The molecule has 19 heavy (non-hydrogen) atoms. The summed E-state index contributed by atoms with van der Waals surface area (Å²) in [4.78, 5) is -0.124. The van der Waals surface area contributed by atoms with E-state index in [1.165, 1.54) is 12.1 Å². The van der Waals surface area contributed by atoms with Crippen LogP contribution in [-0.2, 0) is 16.4 Å². The van der Waals surface area contributed by atoms with Crippen LogP contribution in [0.15, 0.2) is 52.0 Å². The second kappa shape index (κ2) is 5.46. The Morgan fingerprint density at radius 3 is 2.63 bits per heavy atom. The Hall–Kier alpha value is -1.79. The summed E-state index contributed by atoms with van der Waals surface area (Å²) in [6.45, 7) is 1.74. The van der Waals surface area contributed by atoms with Gasteiger partial charge in [-0.15, -0.1) is 0 Å². The van der Waals surface area contributed by atoms with E-state index in [-0.39, 0.29) is 16.7 Å². The molecule has 0 saturated heterocycles. The zero-order valence-electron chi connectivity index (χ0n) is 10.4. The Morgan fingerprint density at radius 1 is 1.26 bits per heavy atom. The molecule has 0 aliphatic heterocycles. The normalized spacial score (nSPS) is 13.3. The Kier molecular flexibility index (Phi) is 3.92. The van der Waals surface area contributed by atoms with Crippen LogP contribution in [0.25, 0.3) is 0 Å². The van der Waals surface area contributed by atoms with Gasteiger partial charge in [-0.25, -0.2) is 13.1 Å². The maximum Gasteiger partial charge on any atom is 0.244 e. The lowest BCUT2D eigenvalue weighted by Crippen LogP contribution is -2.34. The van der Waals surface area contributed by atoms with E-state index in [9.17, 15) is 13.5 Å². The highest BCUT2D eigenvalue weighted by Crippen LogP contribution is 2.21. The van der Waals surface area contributed by atoms with Gasteiger partial charge in [-0.05, 0) is 31.2 Å². The van der Waals surface area contributed by atoms with E-state index in [0.29, 0.717) is 12.2 Å². The summed E-state index contributed by atoms with van der Waals surface area (Å²) in [5.74, 6) is 0.438. The number of aromatic hydroxyl groups is 1. The molecule has 6 heteroatoms. The van der Waals surface area contributed by atoms with Gasteiger partial charge in [0.2, 0.25) is 10.0 Å². The van der Waals surface area contributed by atoms with Crippen LogP contribution in [0.4, 0.5) is 0 Å². The first-order valence-electron chi connectivity index (χ1n) is 5.82. The van der Waals surface area contributed by atoms with Gasteiger partial charge < -0.3 is 9.52 Å². The monoisotopic (exact) mass is 281 g/mol. The fourth-order valence-corrected chi connectivity index (χ4v) is 3.13. The Labute approximate surface area is 111 Å². The van der Waals surface area contributed by atoms with Gasteiger partial charge in [0, 0.05) is 12.5 Å². The summed E-state index contributed by atoms with van der Waals surface area (Å²) in [6.07, 6.45) is 1.99. The molecule has 0 bridgehead atoms. The molecule has 0 aliphatic rings. The molecular weight excluding hydrogens is 266 g/mol. The number of hydrogen-bond donors (Lipinski definition) is 2. The minimum atomic E-state index is -3.74. The quantitative estimate of drug-likeness (QED) is 0.877. The number of nitrogens with one attached hydrogen (secondary N) is 1. The average Bonchev–Trinajstić information content (AvgIpc) is 2.81. The van der Waals surface area contributed by atoms with E-state index in [4.69, 9.17) is 4.42 Å². The summed E-state index contributed by atoms with van der Waals surface area (Å²) in [7, 11) is -3.74. The predicted octanol–water partition coefficient (Wildman–Crippen LogP) is 1.89. The first-order chi connectivity index (χ1) is 8.99. The highest BCUT2D eigenvalue weighted by Gasteiger charge is 2.21. The number of phenols is 1. The van der Waals surface area contributed by atoms with Crippen molar-refractivity contribution in [1.82, 2.24) is 4.72 Å². The first kappa shape index (κ1) is 13.6. The first-order valence-corrected chi connectivity index (χ1v) is 7.30. The number of phenolic OH excluding ortho intramolecular Hbond substituents is 1. The zero-order valence-corrected chi connectivity index (χ0v) is 11.2. The maximum absolute atomic E-state index is 12.1. The van der Waals surface area contributed by atoms with Crippen LogP contribution in [0.5, 0.6) is 5.75 Å². The molecule has 0 spiro atoms. The molecule has 0 aliphatic carbocycles. The van der Waals surface area contributed by atoms with Gasteiger partial charge in [0.15, 0.2) is 0 Å². The Bertz CT molecular complexity index is 634. The molecule has 0 amide bonds. The summed E-state index contributed by atoms with van der Waals surface area (Å²) in [6, 6.07) is 9.02. The van der Waals surface area contributed by atoms with Gasteiger partial charge in [0.1, 0.15) is 16.4 Å². The second-order valence-corrected chi connectivity index (χ2v) is 5.96. The van der Waals surface area contributed by atoms with Crippen LogP contribution in [0, 0.1) is 0 Å². The minimum Gasteiger partial charge on any atom is -0.507 e. The molecule has 0 fully saturated rings. The minimum absolute atomic E-state index is 0.124. The fraction of sp³-hybridized carbons (Fsp3) is 0.231. The van der Waals surface area contributed by atoms with E-state index in [2.05, 4.69) is 4.72 Å². The molecule has 1 aromatic heterocycles. The molecule has 0 saturated carbocycles. The molecule has 2 rings (SSSR count). The molecular formula is C13H15NO4S. The van der Waals surface area contributed by atoms with Gasteiger partial charge in [-0.3, -0.25) is 0 Å². The maximum atomic E-state index is 12.1. The van der Waals surface area contributed by atoms with Gasteiger partial charge >= 0.3 is 0 Å². The molecule has 2 N–H and O–H groups in total. The molecule has 0 radical (unpaired) electrons. The molecule has 1 atom stereocenters. The third kappa shape index (κ3) is 3.36. The van der Waals surface area contributed by atoms with Crippen molar-refractivity contribution in [2.75, 3.05) is 0 Å². The summed E-state index contributed by atoms with van der Waals surface area (Å²) in [5.41, 5.74) is 0. The van der Waals surface area contributed by atoms with Crippen molar-refractivity contribution < 1.29 is 17.9 Å². The smallest absolute Gasteiger partial charge is 0.244 e. The van der Waals surface area contributed by atoms with Crippen molar-refractivity contribution in [3.8, 4) is 5.75 Å². The number of sulfonamides is 1. The predicted molar refractivity (Wildman–Crippen MR) is 70.3 cm³/mol. The lowest BCUT2D eigenvalue weighted by atomic mass is 10.2. The van der Waals surface area contributed by atoms with E-state index < -0.39 is 10.0 Å². The highest BCUT2D eigenvalue weighted by atomic mass is 32.2. The topological polar surface area (TPSA) is 79.5 Å². The number of furan rings is 1. The van der Waals surface area contributed by atoms with E-state index in [1.54, 1.807) is 37.5 Å². The lowest BCUT2D eigenvalue weighted by molar-refractivity contribution is 0.455. The third-order valence-electron chi connectivity index (χ3n) is 2.60. The van der Waals surface area contributed by atoms with E-state index in [0.717, 1.165) is 0 Å².